The van der Waals surface area contributed by atoms with E-state index in [2.05, 4.69) is 10.3 Å². The molecule has 0 bridgehead atoms. The molecule has 1 aromatic rings. The van der Waals surface area contributed by atoms with E-state index < -0.39 is 0 Å². The van der Waals surface area contributed by atoms with Crippen molar-refractivity contribution in [2.45, 2.75) is 26.6 Å². The quantitative estimate of drug-likeness (QED) is 0.776. The molecule has 0 aromatic carbocycles. The third kappa shape index (κ3) is 1.73. The van der Waals surface area contributed by atoms with Crippen molar-refractivity contribution in [3.8, 4) is 0 Å². The van der Waals surface area contributed by atoms with Gasteiger partial charge in [0.05, 0.1) is 23.0 Å². The van der Waals surface area contributed by atoms with E-state index >= 15 is 0 Å². The highest BCUT2D eigenvalue weighted by Crippen LogP contribution is 2.27. The molecule has 2 rings (SSSR count). The Hall–Kier alpha value is -0.350. The largest absolute Gasteiger partial charge is 0.390 e. The normalized spacial score (nSPS) is 13.6. The highest BCUT2D eigenvalue weighted by Gasteiger charge is 2.18. The Kier molecular flexibility index (Phi) is 3.72. The maximum Gasteiger partial charge on any atom is 0.0868 e. The fourth-order valence-corrected chi connectivity index (χ4v) is 1.85. The minimum absolute atomic E-state index is 0. The van der Waals surface area contributed by atoms with Gasteiger partial charge in [0.25, 0.3) is 0 Å². The smallest absolute Gasteiger partial charge is 0.0868 e. The van der Waals surface area contributed by atoms with Crippen LogP contribution in [0.4, 0.5) is 0 Å². The summed E-state index contributed by atoms with van der Waals surface area (Å²) in [5, 5.41) is 12.8. The fraction of sp³-hybridized carbons (Fsp3) is 0.444. The van der Waals surface area contributed by atoms with Crippen molar-refractivity contribution in [1.82, 2.24) is 10.3 Å². The summed E-state index contributed by atoms with van der Waals surface area (Å²) in [6.07, 6.45) is 0. The summed E-state index contributed by atoms with van der Waals surface area (Å²) < 4.78 is 0. The molecule has 3 nitrogen and oxygen atoms in total. The first kappa shape index (κ1) is 11.7. The lowest BCUT2D eigenvalue weighted by atomic mass is 10.1. The van der Waals surface area contributed by atoms with Crippen LogP contribution in [0.5, 0.6) is 0 Å². The van der Waals surface area contributed by atoms with Gasteiger partial charge in [-0.05, 0) is 18.1 Å². The van der Waals surface area contributed by atoms with Crippen LogP contribution in [0.15, 0.2) is 0 Å². The average Bonchev–Trinajstić information content (AvgIpc) is 2.59. The summed E-state index contributed by atoms with van der Waals surface area (Å²) >= 11 is 6.03. The summed E-state index contributed by atoms with van der Waals surface area (Å²) in [6.45, 7) is 3.49. The van der Waals surface area contributed by atoms with Crippen LogP contribution in [-0.2, 0) is 19.7 Å². The van der Waals surface area contributed by atoms with Gasteiger partial charge in [0, 0.05) is 13.1 Å². The first-order chi connectivity index (χ1) is 6.24. The highest BCUT2D eigenvalue weighted by atomic mass is 35.5. The summed E-state index contributed by atoms with van der Waals surface area (Å²) in [5.41, 5.74) is 3.83. The van der Waals surface area contributed by atoms with Crippen molar-refractivity contribution in [3.05, 3.63) is 27.5 Å². The van der Waals surface area contributed by atoms with Crippen molar-refractivity contribution in [2.24, 2.45) is 0 Å². The van der Waals surface area contributed by atoms with Crippen LogP contribution in [0.1, 0.15) is 22.5 Å². The zero-order valence-electron chi connectivity index (χ0n) is 7.80. The van der Waals surface area contributed by atoms with Crippen LogP contribution in [0.25, 0.3) is 0 Å². The van der Waals surface area contributed by atoms with E-state index in [1.54, 1.807) is 0 Å². The molecule has 0 spiro atoms. The Morgan fingerprint density at radius 2 is 2.21 bits per heavy atom. The van der Waals surface area contributed by atoms with Gasteiger partial charge in [-0.3, -0.25) is 4.98 Å². The van der Waals surface area contributed by atoms with Crippen LogP contribution >= 0.6 is 24.0 Å². The molecule has 2 N–H and O–H groups in total. The molecule has 0 unspecified atom stereocenters. The van der Waals surface area contributed by atoms with Crippen molar-refractivity contribution < 1.29 is 5.11 Å². The Morgan fingerprint density at radius 3 is 2.86 bits per heavy atom. The molecule has 0 saturated carbocycles. The molecule has 1 aromatic heterocycles. The summed E-state index contributed by atoms with van der Waals surface area (Å²) in [4.78, 5) is 4.29. The molecular weight excluding hydrogens is 223 g/mol. The molecule has 1 aliphatic heterocycles. The number of aliphatic hydroxyl groups excluding tert-OH is 1. The predicted octanol–water partition coefficient (Wildman–Crippen LogP) is 1.56. The lowest BCUT2D eigenvalue weighted by Crippen LogP contribution is -2.01. The van der Waals surface area contributed by atoms with Crippen molar-refractivity contribution >= 4 is 24.0 Å². The summed E-state index contributed by atoms with van der Waals surface area (Å²) in [6, 6.07) is 0. The first-order valence-electron chi connectivity index (χ1n) is 4.22. The lowest BCUT2D eigenvalue weighted by molar-refractivity contribution is 0.276. The highest BCUT2D eigenvalue weighted by molar-refractivity contribution is 6.32. The number of aliphatic hydroxyl groups is 1. The van der Waals surface area contributed by atoms with Gasteiger partial charge in [0.1, 0.15) is 0 Å². The maximum absolute atomic E-state index is 9.01. The van der Waals surface area contributed by atoms with Gasteiger partial charge in [-0.25, -0.2) is 0 Å². The number of fused-ring (bicyclic) bond motifs is 1. The van der Waals surface area contributed by atoms with Gasteiger partial charge in [0.2, 0.25) is 0 Å². The fourth-order valence-electron chi connectivity index (χ4n) is 1.64. The molecule has 14 heavy (non-hydrogen) atoms. The minimum atomic E-state index is -0.0903. The van der Waals surface area contributed by atoms with Crippen LogP contribution in [-0.4, -0.2) is 10.1 Å². The van der Waals surface area contributed by atoms with Gasteiger partial charge in [-0.1, -0.05) is 11.6 Å². The number of aromatic nitrogens is 1. The number of rotatable bonds is 1. The molecule has 0 atom stereocenters. The van der Waals surface area contributed by atoms with E-state index in [9.17, 15) is 0 Å². The molecule has 0 fully saturated rings. The predicted molar refractivity (Wildman–Crippen MR) is 57.7 cm³/mol. The number of pyridine rings is 1. The molecule has 0 amide bonds. The van der Waals surface area contributed by atoms with Gasteiger partial charge in [-0.2, -0.15) is 0 Å². The molecule has 0 saturated heterocycles. The molecule has 1 aliphatic rings. The number of hydrogen-bond acceptors (Lipinski definition) is 3. The SMILES string of the molecule is Cc1c(Cl)c(CO)nc2c1CNC2.Cl. The van der Waals surface area contributed by atoms with Crippen molar-refractivity contribution in [3.63, 3.8) is 0 Å². The van der Waals surface area contributed by atoms with E-state index in [0.29, 0.717) is 10.7 Å². The topological polar surface area (TPSA) is 45.2 Å². The minimum Gasteiger partial charge on any atom is -0.390 e. The second-order valence-electron chi connectivity index (χ2n) is 3.18. The van der Waals surface area contributed by atoms with E-state index in [1.165, 1.54) is 5.56 Å². The molecule has 0 aliphatic carbocycles. The van der Waals surface area contributed by atoms with Crippen LogP contribution in [0, 0.1) is 6.92 Å². The monoisotopic (exact) mass is 234 g/mol. The van der Waals surface area contributed by atoms with Gasteiger partial charge in [-0.15, -0.1) is 12.4 Å². The van der Waals surface area contributed by atoms with E-state index in [1.807, 2.05) is 6.92 Å². The Labute approximate surface area is 93.9 Å². The van der Waals surface area contributed by atoms with E-state index in [0.717, 1.165) is 24.3 Å². The zero-order valence-corrected chi connectivity index (χ0v) is 9.37. The average molecular weight is 235 g/mol. The van der Waals surface area contributed by atoms with Crippen LogP contribution in [0.3, 0.4) is 0 Å². The number of nitrogens with one attached hydrogen (secondary N) is 1. The zero-order chi connectivity index (χ0) is 9.42. The van der Waals surface area contributed by atoms with E-state index in [-0.39, 0.29) is 19.0 Å². The second kappa shape index (κ2) is 4.45. The second-order valence-corrected chi connectivity index (χ2v) is 3.56. The van der Waals surface area contributed by atoms with Crippen molar-refractivity contribution in [1.29, 1.82) is 0 Å². The third-order valence-electron chi connectivity index (χ3n) is 2.40. The van der Waals surface area contributed by atoms with Gasteiger partial charge in [0.15, 0.2) is 0 Å². The van der Waals surface area contributed by atoms with Gasteiger partial charge < -0.3 is 10.4 Å². The molecule has 0 radical (unpaired) electrons. The Morgan fingerprint density at radius 1 is 1.50 bits per heavy atom. The lowest BCUT2D eigenvalue weighted by Gasteiger charge is -2.08. The third-order valence-corrected chi connectivity index (χ3v) is 2.90. The number of halogens is 2. The van der Waals surface area contributed by atoms with Gasteiger partial charge >= 0.3 is 0 Å². The molecule has 2 heterocycles. The van der Waals surface area contributed by atoms with Crippen molar-refractivity contribution in [2.75, 3.05) is 0 Å². The van der Waals surface area contributed by atoms with E-state index in [4.69, 9.17) is 16.7 Å². The van der Waals surface area contributed by atoms with Crippen LogP contribution in [0.2, 0.25) is 5.02 Å². The number of hydrogen-bond donors (Lipinski definition) is 2. The first-order valence-corrected chi connectivity index (χ1v) is 4.60. The Balaban J connectivity index is 0.000000980. The Bertz CT molecular complexity index is 354. The summed E-state index contributed by atoms with van der Waals surface area (Å²) in [7, 11) is 0. The van der Waals surface area contributed by atoms with Crippen LogP contribution < -0.4 is 5.32 Å². The molecular formula is C9H12Cl2N2O. The number of nitrogens with zero attached hydrogens (tertiary/aromatic N) is 1. The standard InChI is InChI=1S/C9H11ClN2O.ClH/c1-5-6-2-11-3-7(6)12-8(4-13)9(5)10;/h11,13H,2-4H2,1H3;1H. The maximum atomic E-state index is 9.01. The summed E-state index contributed by atoms with van der Waals surface area (Å²) in [5.74, 6) is 0. The molecule has 78 valence electrons. The molecule has 5 heteroatoms.